The Morgan fingerprint density at radius 3 is 1.94 bits per heavy atom. The van der Waals surface area contributed by atoms with Gasteiger partial charge in [0.15, 0.2) is 0 Å². The largest absolute Gasteiger partial charge is 0.379 e. The molecule has 0 unspecified atom stereocenters. The van der Waals surface area contributed by atoms with E-state index in [0.29, 0.717) is 33.0 Å². The van der Waals surface area contributed by atoms with Crippen LogP contribution in [0.3, 0.4) is 0 Å². The maximum atomic E-state index is 5.47. The van der Waals surface area contributed by atoms with Crippen LogP contribution >= 0.6 is 0 Å². The average molecular weight is 256 g/mol. The predicted molar refractivity (Wildman–Crippen MR) is 74.7 cm³/mol. The first-order valence-corrected chi connectivity index (χ1v) is 7.08. The standard InChI is InChI=1S/C15H28O3/c1-3-5-6-7-8-9-11-17-13-15-18-14-12-16-10-4-2/h2H,3,5-15H2,1H3. The summed E-state index contributed by atoms with van der Waals surface area (Å²) in [6, 6.07) is 0. The van der Waals surface area contributed by atoms with Crippen LogP contribution in [0.25, 0.3) is 0 Å². The van der Waals surface area contributed by atoms with Crippen LogP contribution in [-0.4, -0.2) is 39.6 Å². The van der Waals surface area contributed by atoms with Crippen LogP contribution in [0.4, 0.5) is 0 Å². The molecule has 0 amide bonds. The molecule has 18 heavy (non-hydrogen) atoms. The molecule has 0 atom stereocenters. The van der Waals surface area contributed by atoms with Gasteiger partial charge in [0.2, 0.25) is 0 Å². The third-order valence-electron chi connectivity index (χ3n) is 2.57. The first-order chi connectivity index (χ1) is 8.91. The maximum Gasteiger partial charge on any atom is 0.107 e. The molecule has 0 N–H and O–H groups in total. The molecular formula is C15H28O3. The Balaban J connectivity index is 2.89. The second-order valence-corrected chi connectivity index (χ2v) is 4.25. The molecule has 3 nitrogen and oxygen atoms in total. The van der Waals surface area contributed by atoms with E-state index in [1.165, 1.54) is 32.1 Å². The van der Waals surface area contributed by atoms with Crippen molar-refractivity contribution in [2.24, 2.45) is 0 Å². The maximum absolute atomic E-state index is 5.47. The topological polar surface area (TPSA) is 27.7 Å². The van der Waals surface area contributed by atoms with E-state index in [1.807, 2.05) is 0 Å². The minimum Gasteiger partial charge on any atom is -0.379 e. The second-order valence-electron chi connectivity index (χ2n) is 4.25. The van der Waals surface area contributed by atoms with Crippen molar-refractivity contribution >= 4 is 0 Å². The van der Waals surface area contributed by atoms with Gasteiger partial charge in [-0.2, -0.15) is 0 Å². The molecule has 3 heteroatoms. The monoisotopic (exact) mass is 256 g/mol. The number of hydrogen-bond donors (Lipinski definition) is 0. The Kier molecular flexibility index (Phi) is 15.9. The van der Waals surface area contributed by atoms with Gasteiger partial charge in [0.05, 0.1) is 26.4 Å². The van der Waals surface area contributed by atoms with Crippen LogP contribution in [-0.2, 0) is 14.2 Å². The zero-order valence-corrected chi connectivity index (χ0v) is 11.8. The van der Waals surface area contributed by atoms with E-state index in [0.717, 1.165) is 13.0 Å². The van der Waals surface area contributed by atoms with E-state index in [1.54, 1.807) is 0 Å². The Bertz CT molecular complexity index is 187. The predicted octanol–water partition coefficient (Wildman–Crippen LogP) is 3.03. The van der Waals surface area contributed by atoms with Crippen LogP contribution < -0.4 is 0 Å². The van der Waals surface area contributed by atoms with Crippen LogP contribution in [0, 0.1) is 12.3 Å². The fourth-order valence-corrected chi connectivity index (χ4v) is 1.56. The second kappa shape index (κ2) is 16.4. The van der Waals surface area contributed by atoms with E-state index in [9.17, 15) is 0 Å². The zero-order valence-electron chi connectivity index (χ0n) is 11.8. The van der Waals surface area contributed by atoms with Gasteiger partial charge in [0.25, 0.3) is 0 Å². The molecule has 0 saturated heterocycles. The van der Waals surface area contributed by atoms with Gasteiger partial charge in [0, 0.05) is 6.61 Å². The highest BCUT2D eigenvalue weighted by molar-refractivity contribution is 4.82. The van der Waals surface area contributed by atoms with Crippen molar-refractivity contribution in [2.75, 3.05) is 39.6 Å². The molecule has 0 saturated carbocycles. The van der Waals surface area contributed by atoms with Gasteiger partial charge >= 0.3 is 0 Å². The lowest BCUT2D eigenvalue weighted by molar-refractivity contribution is 0.0195. The Morgan fingerprint density at radius 2 is 1.28 bits per heavy atom. The van der Waals surface area contributed by atoms with Crippen molar-refractivity contribution < 1.29 is 14.2 Å². The van der Waals surface area contributed by atoms with E-state index in [-0.39, 0.29) is 0 Å². The highest BCUT2D eigenvalue weighted by Crippen LogP contribution is 2.04. The van der Waals surface area contributed by atoms with Crippen molar-refractivity contribution in [1.82, 2.24) is 0 Å². The summed E-state index contributed by atoms with van der Waals surface area (Å²) in [5, 5.41) is 0. The lowest BCUT2D eigenvalue weighted by Gasteiger charge is -2.05. The molecule has 0 spiro atoms. The minimum absolute atomic E-state index is 0.359. The summed E-state index contributed by atoms with van der Waals surface area (Å²) in [5.74, 6) is 2.41. The minimum atomic E-state index is 0.359. The third kappa shape index (κ3) is 15.4. The van der Waals surface area contributed by atoms with E-state index < -0.39 is 0 Å². The summed E-state index contributed by atoms with van der Waals surface area (Å²) in [4.78, 5) is 0. The van der Waals surface area contributed by atoms with Gasteiger partial charge in [-0.15, -0.1) is 6.42 Å². The summed E-state index contributed by atoms with van der Waals surface area (Å²) in [5.41, 5.74) is 0. The van der Waals surface area contributed by atoms with Crippen molar-refractivity contribution in [1.29, 1.82) is 0 Å². The first kappa shape index (κ1) is 17.4. The summed E-state index contributed by atoms with van der Waals surface area (Å²) >= 11 is 0. The fourth-order valence-electron chi connectivity index (χ4n) is 1.56. The van der Waals surface area contributed by atoms with Crippen LogP contribution in [0.2, 0.25) is 0 Å². The Hall–Kier alpha value is -0.560. The third-order valence-corrected chi connectivity index (χ3v) is 2.57. The Morgan fingerprint density at radius 1 is 0.722 bits per heavy atom. The number of hydrogen-bond acceptors (Lipinski definition) is 3. The molecule has 0 aromatic carbocycles. The summed E-state index contributed by atoms with van der Waals surface area (Å²) in [6.07, 6.45) is 12.8. The zero-order chi connectivity index (χ0) is 13.3. The van der Waals surface area contributed by atoms with Gasteiger partial charge in [-0.3, -0.25) is 0 Å². The SMILES string of the molecule is C#CCOCCOCCOCCCCCCCC. The van der Waals surface area contributed by atoms with Crippen LogP contribution in [0.1, 0.15) is 45.4 Å². The summed E-state index contributed by atoms with van der Waals surface area (Å²) < 4.78 is 15.9. The molecule has 0 aliphatic rings. The van der Waals surface area contributed by atoms with Gasteiger partial charge in [-0.1, -0.05) is 44.9 Å². The highest BCUT2D eigenvalue weighted by Gasteiger charge is 1.92. The molecular weight excluding hydrogens is 228 g/mol. The molecule has 0 fully saturated rings. The van der Waals surface area contributed by atoms with Crippen LogP contribution in [0.5, 0.6) is 0 Å². The summed E-state index contributed by atoms with van der Waals surface area (Å²) in [6.45, 7) is 5.89. The molecule has 0 aliphatic heterocycles. The molecule has 0 aliphatic carbocycles. The van der Waals surface area contributed by atoms with Gasteiger partial charge in [-0.05, 0) is 6.42 Å². The molecule has 0 heterocycles. The van der Waals surface area contributed by atoms with Crippen molar-refractivity contribution in [3.63, 3.8) is 0 Å². The molecule has 0 aromatic rings. The van der Waals surface area contributed by atoms with E-state index in [4.69, 9.17) is 20.6 Å². The number of terminal acetylenes is 1. The highest BCUT2D eigenvalue weighted by atomic mass is 16.5. The molecule has 0 bridgehead atoms. The summed E-state index contributed by atoms with van der Waals surface area (Å²) in [7, 11) is 0. The molecule has 106 valence electrons. The Labute approximate surface area is 112 Å². The fraction of sp³-hybridized carbons (Fsp3) is 0.867. The van der Waals surface area contributed by atoms with Gasteiger partial charge in [0.1, 0.15) is 6.61 Å². The smallest absolute Gasteiger partial charge is 0.107 e. The van der Waals surface area contributed by atoms with E-state index in [2.05, 4.69) is 12.8 Å². The number of unbranched alkanes of at least 4 members (excludes halogenated alkanes) is 5. The number of rotatable bonds is 14. The molecule has 0 radical (unpaired) electrons. The molecule has 0 aromatic heterocycles. The average Bonchev–Trinajstić information content (AvgIpc) is 2.39. The quantitative estimate of drug-likeness (QED) is 0.353. The van der Waals surface area contributed by atoms with E-state index >= 15 is 0 Å². The first-order valence-electron chi connectivity index (χ1n) is 7.08. The normalized spacial score (nSPS) is 10.4. The molecule has 0 rings (SSSR count). The van der Waals surface area contributed by atoms with Crippen molar-refractivity contribution in [3.05, 3.63) is 0 Å². The lowest BCUT2D eigenvalue weighted by Crippen LogP contribution is -2.09. The van der Waals surface area contributed by atoms with Gasteiger partial charge in [-0.25, -0.2) is 0 Å². The lowest BCUT2D eigenvalue weighted by atomic mass is 10.1. The van der Waals surface area contributed by atoms with Crippen LogP contribution in [0.15, 0.2) is 0 Å². The van der Waals surface area contributed by atoms with Crippen molar-refractivity contribution in [3.8, 4) is 12.3 Å². The number of ether oxygens (including phenoxy) is 3. The van der Waals surface area contributed by atoms with Gasteiger partial charge < -0.3 is 14.2 Å². The van der Waals surface area contributed by atoms with Crippen molar-refractivity contribution in [2.45, 2.75) is 45.4 Å².